The Morgan fingerprint density at radius 1 is 1.09 bits per heavy atom. The van der Waals surface area contributed by atoms with Crippen LogP contribution in [0.4, 0.5) is 5.69 Å². The topological polar surface area (TPSA) is 40.5 Å². The van der Waals surface area contributed by atoms with Gasteiger partial charge in [0.15, 0.2) is 5.78 Å². The zero-order valence-corrected chi connectivity index (χ0v) is 19.9. The summed E-state index contributed by atoms with van der Waals surface area (Å²) in [4.78, 5) is 14.8. The molecule has 168 valence electrons. The van der Waals surface area contributed by atoms with Gasteiger partial charge in [0.25, 0.3) is 0 Å². The molecule has 1 aromatic rings. The molecule has 0 aromatic heterocycles. The number of carbonyl (C=O) groups is 1. The lowest BCUT2D eigenvalue weighted by atomic mass is 9.54. The molecular formula is C29H35NO2. The number of allylic oxidation sites excluding steroid dienone is 4. The first-order valence-electron chi connectivity index (χ1n) is 12.2. The van der Waals surface area contributed by atoms with Crippen molar-refractivity contribution in [1.82, 2.24) is 0 Å². The molecule has 3 heteroatoms. The van der Waals surface area contributed by atoms with Gasteiger partial charge in [-0.2, -0.15) is 0 Å². The van der Waals surface area contributed by atoms with Gasteiger partial charge in [-0.15, -0.1) is 5.92 Å². The first-order valence-corrected chi connectivity index (χ1v) is 12.2. The third-order valence-corrected chi connectivity index (χ3v) is 9.08. The maximum Gasteiger partial charge on any atom is 0.156 e. The van der Waals surface area contributed by atoms with Crippen LogP contribution >= 0.6 is 0 Å². The summed E-state index contributed by atoms with van der Waals surface area (Å²) >= 11 is 0. The number of carbonyl (C=O) groups excluding carboxylic acids is 1. The van der Waals surface area contributed by atoms with Crippen LogP contribution in [0.5, 0.6) is 0 Å². The maximum absolute atomic E-state index is 12.7. The largest absolute Gasteiger partial charge is 0.378 e. The Balaban J connectivity index is 1.57. The van der Waals surface area contributed by atoms with E-state index in [1.165, 1.54) is 22.4 Å². The lowest BCUT2D eigenvalue weighted by Crippen LogP contribution is -2.49. The third-order valence-electron chi connectivity index (χ3n) is 9.08. The Morgan fingerprint density at radius 3 is 2.53 bits per heavy atom. The molecule has 0 heterocycles. The minimum atomic E-state index is -0.858. The van der Waals surface area contributed by atoms with E-state index in [-0.39, 0.29) is 17.1 Å². The summed E-state index contributed by atoms with van der Waals surface area (Å²) in [6.45, 7) is 4.12. The van der Waals surface area contributed by atoms with Gasteiger partial charge in [-0.25, -0.2) is 0 Å². The first-order chi connectivity index (χ1) is 15.3. The Morgan fingerprint density at radius 2 is 1.84 bits per heavy atom. The molecule has 4 aliphatic rings. The van der Waals surface area contributed by atoms with Gasteiger partial charge in [0.05, 0.1) is 0 Å². The van der Waals surface area contributed by atoms with E-state index >= 15 is 0 Å². The predicted octanol–water partition coefficient (Wildman–Crippen LogP) is 5.41. The van der Waals surface area contributed by atoms with Gasteiger partial charge in [0.1, 0.15) is 5.60 Å². The summed E-state index contributed by atoms with van der Waals surface area (Å²) in [5, 5.41) is 11.5. The van der Waals surface area contributed by atoms with Gasteiger partial charge in [-0.3, -0.25) is 4.79 Å². The number of benzene rings is 1. The summed E-state index contributed by atoms with van der Waals surface area (Å²) in [7, 11) is 4.11. The van der Waals surface area contributed by atoms with Gasteiger partial charge in [-0.1, -0.05) is 30.6 Å². The average molecular weight is 430 g/mol. The van der Waals surface area contributed by atoms with Crippen molar-refractivity contribution >= 4 is 11.5 Å². The number of nitrogens with zero attached hydrogens (tertiary/aromatic N) is 1. The molecule has 0 spiro atoms. The number of aliphatic hydroxyl groups is 1. The molecule has 1 aromatic carbocycles. The zero-order valence-electron chi connectivity index (χ0n) is 19.9. The minimum Gasteiger partial charge on any atom is -0.378 e. The van der Waals surface area contributed by atoms with Gasteiger partial charge < -0.3 is 10.0 Å². The summed E-state index contributed by atoms with van der Waals surface area (Å²) in [5.41, 5.74) is 5.75. The fourth-order valence-corrected chi connectivity index (χ4v) is 7.35. The van der Waals surface area contributed by atoms with E-state index < -0.39 is 5.60 Å². The number of ketones is 1. The molecule has 0 bridgehead atoms. The summed E-state index contributed by atoms with van der Waals surface area (Å²) in [5.74, 6) is 7.61. The monoisotopic (exact) mass is 429 g/mol. The fourth-order valence-electron chi connectivity index (χ4n) is 7.35. The third kappa shape index (κ3) is 3.11. The van der Waals surface area contributed by atoms with Gasteiger partial charge >= 0.3 is 0 Å². The highest BCUT2D eigenvalue weighted by molar-refractivity contribution is 5.94. The Kier molecular flexibility index (Phi) is 5.13. The number of hydrogen-bond acceptors (Lipinski definition) is 3. The van der Waals surface area contributed by atoms with Crippen LogP contribution in [0.1, 0.15) is 70.3 Å². The van der Waals surface area contributed by atoms with E-state index in [4.69, 9.17) is 0 Å². The molecule has 0 amide bonds. The number of fused-ring (bicyclic) bond motifs is 4. The van der Waals surface area contributed by atoms with Crippen LogP contribution in [0.25, 0.3) is 0 Å². The normalized spacial score (nSPS) is 35.8. The molecule has 32 heavy (non-hydrogen) atoms. The van der Waals surface area contributed by atoms with Crippen LogP contribution in [0.15, 0.2) is 47.1 Å². The highest BCUT2D eigenvalue weighted by atomic mass is 16.3. The minimum absolute atomic E-state index is 0.140. The molecule has 5 atom stereocenters. The molecule has 2 fully saturated rings. The van der Waals surface area contributed by atoms with Gasteiger partial charge in [-0.05, 0) is 92.2 Å². The predicted molar refractivity (Wildman–Crippen MR) is 129 cm³/mol. The molecule has 1 N–H and O–H groups in total. The molecule has 0 saturated heterocycles. The van der Waals surface area contributed by atoms with Crippen molar-refractivity contribution in [2.24, 2.45) is 17.3 Å². The molecule has 0 radical (unpaired) electrons. The van der Waals surface area contributed by atoms with Gasteiger partial charge in [0, 0.05) is 37.5 Å². The quantitative estimate of drug-likeness (QED) is 0.640. The average Bonchev–Trinajstić information content (AvgIpc) is 3.04. The number of anilines is 1. The van der Waals surface area contributed by atoms with E-state index in [0.29, 0.717) is 18.3 Å². The second-order valence-corrected chi connectivity index (χ2v) is 10.8. The van der Waals surface area contributed by atoms with E-state index in [9.17, 15) is 9.90 Å². The summed E-state index contributed by atoms with van der Waals surface area (Å²) in [6, 6.07) is 8.76. The van der Waals surface area contributed by atoms with E-state index in [1.807, 2.05) is 13.0 Å². The van der Waals surface area contributed by atoms with Crippen molar-refractivity contribution in [2.45, 2.75) is 70.3 Å². The van der Waals surface area contributed by atoms with Crippen LogP contribution in [0, 0.1) is 29.1 Å². The lowest BCUT2D eigenvalue weighted by molar-refractivity contribution is -0.115. The lowest BCUT2D eigenvalue weighted by Gasteiger charge is -2.51. The van der Waals surface area contributed by atoms with Crippen LogP contribution in [0.2, 0.25) is 0 Å². The molecule has 2 saturated carbocycles. The van der Waals surface area contributed by atoms with Crippen LogP contribution in [-0.2, 0) is 4.79 Å². The number of rotatable bonds is 2. The summed E-state index contributed by atoms with van der Waals surface area (Å²) in [6.07, 6.45) is 8.40. The molecule has 3 nitrogen and oxygen atoms in total. The van der Waals surface area contributed by atoms with Crippen molar-refractivity contribution in [3.05, 3.63) is 52.6 Å². The van der Waals surface area contributed by atoms with Crippen LogP contribution in [0.3, 0.4) is 0 Å². The zero-order chi connectivity index (χ0) is 22.7. The molecule has 4 aliphatic carbocycles. The standard InChI is InChI=1S/C29H35NO2/c1-5-14-29(32)16-13-26-23-11-8-20-17-22(31)18-25(19-6-9-21(10-7-19)30(3)4)27(20)24(23)12-15-28(26,29)2/h6-7,9-10,17,23,25-26,32H,8,11-13,15-16,18H2,1-4H3/t23-,25+,26+,28+,29+/m1/s1. The van der Waals surface area contributed by atoms with E-state index in [1.54, 1.807) is 5.57 Å². The second kappa shape index (κ2) is 7.63. The smallest absolute Gasteiger partial charge is 0.156 e. The molecular weight excluding hydrogens is 394 g/mol. The van der Waals surface area contributed by atoms with Crippen molar-refractivity contribution < 1.29 is 9.90 Å². The molecule has 0 aliphatic heterocycles. The summed E-state index contributed by atoms with van der Waals surface area (Å²) < 4.78 is 0. The van der Waals surface area contributed by atoms with Crippen molar-refractivity contribution in [2.75, 3.05) is 19.0 Å². The fraction of sp³-hybridized carbons (Fsp3) is 0.552. The second-order valence-electron chi connectivity index (χ2n) is 10.8. The number of hydrogen-bond donors (Lipinski definition) is 1. The van der Waals surface area contributed by atoms with E-state index in [2.05, 4.69) is 62.0 Å². The SMILES string of the molecule is CC#C[C@]1(O)CC[C@H]2[C@@H]3CCC4=CC(=O)C[C@@H](c5ccc(N(C)C)cc5)C4=C3CC[C@@]21C. The van der Waals surface area contributed by atoms with E-state index in [0.717, 1.165) is 38.5 Å². The Hall–Kier alpha value is -2.31. The first kappa shape index (κ1) is 21.5. The molecule has 0 unspecified atom stereocenters. The van der Waals surface area contributed by atoms with Crippen molar-refractivity contribution in [3.63, 3.8) is 0 Å². The Labute approximate surface area is 192 Å². The Bertz CT molecular complexity index is 1070. The van der Waals surface area contributed by atoms with Gasteiger partial charge in [0.2, 0.25) is 0 Å². The van der Waals surface area contributed by atoms with Crippen molar-refractivity contribution in [3.8, 4) is 11.8 Å². The van der Waals surface area contributed by atoms with Crippen LogP contribution < -0.4 is 4.90 Å². The highest BCUT2D eigenvalue weighted by Crippen LogP contribution is 2.64. The highest BCUT2D eigenvalue weighted by Gasteiger charge is 2.60. The molecule has 5 rings (SSSR count). The van der Waals surface area contributed by atoms with Crippen LogP contribution in [-0.4, -0.2) is 30.6 Å². The van der Waals surface area contributed by atoms with Crippen molar-refractivity contribution in [1.29, 1.82) is 0 Å². The maximum atomic E-state index is 12.7.